The van der Waals surface area contributed by atoms with Crippen LogP contribution in [0.3, 0.4) is 0 Å². The van der Waals surface area contributed by atoms with Crippen LogP contribution >= 0.6 is 0 Å². The number of hydrogen-bond acceptors (Lipinski definition) is 2. The Bertz CT molecular complexity index is 530. The Morgan fingerprint density at radius 2 is 2.00 bits per heavy atom. The van der Waals surface area contributed by atoms with Crippen molar-refractivity contribution in [1.29, 1.82) is 0 Å². The van der Waals surface area contributed by atoms with Gasteiger partial charge in [-0.15, -0.1) is 0 Å². The maximum Gasteiger partial charge on any atom is 0.308 e. The number of amides is 1. The molecule has 0 saturated heterocycles. The summed E-state index contributed by atoms with van der Waals surface area (Å²) in [4.78, 5) is 23.4. The van der Waals surface area contributed by atoms with E-state index in [0.29, 0.717) is 24.0 Å². The highest BCUT2D eigenvalue weighted by Crippen LogP contribution is 2.25. The van der Waals surface area contributed by atoms with Gasteiger partial charge in [0, 0.05) is 11.6 Å². The van der Waals surface area contributed by atoms with Gasteiger partial charge in [0.15, 0.2) is 0 Å². The van der Waals surface area contributed by atoms with E-state index in [-0.39, 0.29) is 17.8 Å². The first-order chi connectivity index (χ1) is 9.49. The van der Waals surface area contributed by atoms with Gasteiger partial charge >= 0.3 is 5.97 Å². The molecule has 1 saturated carbocycles. The van der Waals surface area contributed by atoms with E-state index in [1.54, 1.807) is 6.92 Å². The number of carboxylic acid groups (broad SMARTS) is 1. The molecule has 1 aromatic rings. The molecule has 20 heavy (non-hydrogen) atoms. The highest BCUT2D eigenvalue weighted by Gasteiger charge is 2.32. The predicted octanol–water partition coefficient (Wildman–Crippen LogP) is 2.51. The van der Waals surface area contributed by atoms with Crippen LogP contribution in [0, 0.1) is 18.7 Å². The molecular weight excluding hydrogens is 261 g/mol. The summed E-state index contributed by atoms with van der Waals surface area (Å²) in [5.74, 6) is -2.12. The van der Waals surface area contributed by atoms with Crippen LogP contribution < -0.4 is 5.32 Å². The minimum absolute atomic E-state index is 0.333. The van der Waals surface area contributed by atoms with Gasteiger partial charge in [0.25, 0.3) is 5.91 Å². The van der Waals surface area contributed by atoms with Gasteiger partial charge in [-0.2, -0.15) is 0 Å². The number of nitrogens with one attached hydrogen (secondary N) is 1. The average molecular weight is 279 g/mol. The molecule has 1 fully saturated rings. The van der Waals surface area contributed by atoms with E-state index in [1.807, 2.05) is 0 Å². The number of rotatable bonds is 3. The molecule has 1 aromatic carbocycles. The molecule has 2 unspecified atom stereocenters. The molecule has 0 spiro atoms. The lowest BCUT2D eigenvalue weighted by molar-refractivity contribution is -0.143. The maximum atomic E-state index is 13.0. The van der Waals surface area contributed by atoms with E-state index in [4.69, 9.17) is 0 Å². The minimum atomic E-state index is -0.870. The van der Waals surface area contributed by atoms with Crippen molar-refractivity contribution in [2.75, 3.05) is 0 Å². The third kappa shape index (κ3) is 3.15. The normalized spacial score (nSPS) is 22.3. The second kappa shape index (κ2) is 6.03. The van der Waals surface area contributed by atoms with Crippen molar-refractivity contribution in [3.8, 4) is 0 Å². The Hall–Kier alpha value is -1.91. The van der Waals surface area contributed by atoms with Crippen LogP contribution in [0.25, 0.3) is 0 Å². The lowest BCUT2D eigenvalue weighted by Gasteiger charge is -2.29. The Morgan fingerprint density at radius 1 is 1.30 bits per heavy atom. The van der Waals surface area contributed by atoms with Crippen molar-refractivity contribution >= 4 is 11.9 Å². The largest absolute Gasteiger partial charge is 0.481 e. The monoisotopic (exact) mass is 279 g/mol. The Kier molecular flexibility index (Phi) is 4.37. The predicted molar refractivity (Wildman–Crippen MR) is 72.0 cm³/mol. The maximum absolute atomic E-state index is 13.0. The molecule has 1 aliphatic carbocycles. The van der Waals surface area contributed by atoms with Gasteiger partial charge in [-0.1, -0.05) is 12.8 Å². The standard InChI is InChI=1S/C15H18FNO3/c1-9-8-10(16)6-7-11(9)14(18)17-13-5-3-2-4-12(13)15(19)20/h6-8,12-13H,2-5H2,1H3,(H,17,18)(H,19,20). The van der Waals surface area contributed by atoms with Gasteiger partial charge in [-0.25, -0.2) is 4.39 Å². The number of hydrogen-bond donors (Lipinski definition) is 2. The van der Waals surface area contributed by atoms with Crippen LogP contribution in [-0.4, -0.2) is 23.0 Å². The first kappa shape index (κ1) is 14.5. The molecule has 1 aliphatic rings. The number of carbonyl (C=O) groups excluding carboxylic acids is 1. The fourth-order valence-corrected chi connectivity index (χ4v) is 2.73. The third-order valence-corrected chi connectivity index (χ3v) is 3.83. The number of carbonyl (C=O) groups is 2. The number of benzene rings is 1. The van der Waals surface area contributed by atoms with Gasteiger partial charge in [0.2, 0.25) is 0 Å². The molecule has 0 aromatic heterocycles. The van der Waals surface area contributed by atoms with Crippen molar-refractivity contribution in [3.63, 3.8) is 0 Å². The lowest BCUT2D eigenvalue weighted by Crippen LogP contribution is -2.45. The molecule has 2 atom stereocenters. The number of aliphatic carboxylic acids is 1. The molecule has 0 heterocycles. The quantitative estimate of drug-likeness (QED) is 0.893. The average Bonchev–Trinajstić information content (AvgIpc) is 2.38. The first-order valence-corrected chi connectivity index (χ1v) is 6.79. The zero-order chi connectivity index (χ0) is 14.7. The molecule has 1 amide bonds. The van der Waals surface area contributed by atoms with E-state index in [2.05, 4.69) is 5.32 Å². The number of halogens is 1. The smallest absolute Gasteiger partial charge is 0.308 e. The Labute approximate surface area is 117 Å². The Balaban J connectivity index is 2.11. The van der Waals surface area contributed by atoms with Gasteiger partial charge in [-0.05, 0) is 43.5 Å². The third-order valence-electron chi connectivity index (χ3n) is 3.83. The van der Waals surface area contributed by atoms with E-state index in [0.717, 1.165) is 12.8 Å². The van der Waals surface area contributed by atoms with Crippen molar-refractivity contribution < 1.29 is 19.1 Å². The zero-order valence-electron chi connectivity index (χ0n) is 11.4. The summed E-state index contributed by atoms with van der Waals surface area (Å²) in [7, 11) is 0. The molecule has 2 N–H and O–H groups in total. The second-order valence-corrected chi connectivity index (χ2v) is 5.27. The molecule has 5 heteroatoms. The van der Waals surface area contributed by atoms with Crippen LogP contribution in [0.4, 0.5) is 4.39 Å². The second-order valence-electron chi connectivity index (χ2n) is 5.27. The molecule has 0 radical (unpaired) electrons. The summed E-state index contributed by atoms with van der Waals surface area (Å²) < 4.78 is 13.0. The fraction of sp³-hybridized carbons (Fsp3) is 0.467. The molecule has 2 rings (SSSR count). The molecule has 0 bridgehead atoms. The van der Waals surface area contributed by atoms with Gasteiger partial charge < -0.3 is 10.4 Å². The van der Waals surface area contributed by atoms with Crippen LogP contribution in [-0.2, 0) is 4.79 Å². The van der Waals surface area contributed by atoms with Gasteiger partial charge in [-0.3, -0.25) is 9.59 Å². The highest BCUT2D eigenvalue weighted by atomic mass is 19.1. The first-order valence-electron chi connectivity index (χ1n) is 6.79. The molecule has 4 nitrogen and oxygen atoms in total. The number of aryl methyl sites for hydroxylation is 1. The number of carboxylic acids is 1. The molecular formula is C15H18FNO3. The van der Waals surface area contributed by atoms with Crippen molar-refractivity contribution in [2.45, 2.75) is 38.6 Å². The van der Waals surface area contributed by atoms with E-state index < -0.39 is 11.9 Å². The van der Waals surface area contributed by atoms with E-state index >= 15 is 0 Å². The van der Waals surface area contributed by atoms with Crippen LogP contribution in [0.2, 0.25) is 0 Å². The highest BCUT2D eigenvalue weighted by molar-refractivity contribution is 5.96. The summed E-state index contributed by atoms with van der Waals surface area (Å²) >= 11 is 0. The summed E-state index contributed by atoms with van der Waals surface area (Å²) in [6.45, 7) is 1.66. The summed E-state index contributed by atoms with van der Waals surface area (Å²) in [6.07, 6.45) is 3.04. The summed E-state index contributed by atoms with van der Waals surface area (Å²) in [6, 6.07) is 3.61. The topological polar surface area (TPSA) is 66.4 Å². The van der Waals surface area contributed by atoms with Gasteiger partial charge in [0.05, 0.1) is 5.92 Å². The SMILES string of the molecule is Cc1cc(F)ccc1C(=O)NC1CCCCC1C(=O)O. The van der Waals surface area contributed by atoms with Crippen LogP contribution in [0.15, 0.2) is 18.2 Å². The van der Waals surface area contributed by atoms with Crippen LogP contribution in [0.5, 0.6) is 0 Å². The van der Waals surface area contributed by atoms with Gasteiger partial charge in [0.1, 0.15) is 5.82 Å². The van der Waals surface area contributed by atoms with Crippen molar-refractivity contribution in [1.82, 2.24) is 5.32 Å². The van der Waals surface area contributed by atoms with Crippen molar-refractivity contribution in [2.24, 2.45) is 5.92 Å². The zero-order valence-corrected chi connectivity index (χ0v) is 11.4. The van der Waals surface area contributed by atoms with E-state index in [9.17, 15) is 19.1 Å². The lowest BCUT2D eigenvalue weighted by atomic mass is 9.84. The minimum Gasteiger partial charge on any atom is -0.481 e. The van der Waals surface area contributed by atoms with Crippen LogP contribution in [0.1, 0.15) is 41.6 Å². The fourth-order valence-electron chi connectivity index (χ4n) is 2.73. The van der Waals surface area contributed by atoms with Crippen molar-refractivity contribution in [3.05, 3.63) is 35.1 Å². The summed E-state index contributed by atoms with van der Waals surface area (Å²) in [5, 5.41) is 12.0. The Morgan fingerprint density at radius 3 is 2.65 bits per heavy atom. The summed E-state index contributed by atoms with van der Waals surface area (Å²) in [5.41, 5.74) is 0.936. The van der Waals surface area contributed by atoms with E-state index in [1.165, 1.54) is 18.2 Å². The molecule has 0 aliphatic heterocycles. The molecule has 108 valence electrons.